The van der Waals surface area contributed by atoms with Crippen molar-refractivity contribution >= 4 is 0 Å². The van der Waals surface area contributed by atoms with Gasteiger partial charge in [0.1, 0.15) is 0 Å². The van der Waals surface area contributed by atoms with E-state index in [1.807, 2.05) is 0 Å². The van der Waals surface area contributed by atoms with Crippen LogP contribution in [0.25, 0.3) is 0 Å². The maximum atomic E-state index is 12.0. The van der Waals surface area contributed by atoms with Crippen molar-refractivity contribution in [2.75, 3.05) is 0 Å². The second-order valence-corrected chi connectivity index (χ2v) is 2.23. The molecule has 0 rings (SSSR count). The van der Waals surface area contributed by atoms with Crippen molar-refractivity contribution in [2.24, 2.45) is 0 Å². The minimum absolute atomic E-state index is 3.61. The Morgan fingerprint density at radius 2 is 1.21 bits per heavy atom. The van der Waals surface area contributed by atoms with Gasteiger partial charge in [0.15, 0.2) is 0 Å². The van der Waals surface area contributed by atoms with Gasteiger partial charge in [-0.2, -0.15) is 30.7 Å². The van der Waals surface area contributed by atoms with Crippen LogP contribution in [0.3, 0.4) is 0 Å². The minimum atomic E-state index is -6.09. The molecule has 0 aliphatic carbocycles. The Bertz CT molecular complexity index is 182. The molecule has 2 atom stereocenters. The van der Waals surface area contributed by atoms with Crippen LogP contribution in [0.4, 0.5) is 39.5 Å². The second-order valence-electron chi connectivity index (χ2n) is 2.23. The normalized spacial score (nSPS) is 18.4. The first-order chi connectivity index (χ1) is 6.01. The van der Waals surface area contributed by atoms with Crippen LogP contribution in [0.15, 0.2) is 0 Å². The van der Waals surface area contributed by atoms with E-state index in [-0.39, 0.29) is 0 Å². The number of halogens is 9. The lowest BCUT2D eigenvalue weighted by Crippen LogP contribution is -2.48. The van der Waals surface area contributed by atoms with Crippen molar-refractivity contribution < 1.29 is 39.5 Å². The first-order valence-corrected chi connectivity index (χ1v) is 2.91. The molecular formula is C5H2F9. The number of alkyl halides is 7. The first-order valence-electron chi connectivity index (χ1n) is 2.91. The predicted molar refractivity (Wildman–Crippen MR) is 26.3 cm³/mol. The van der Waals surface area contributed by atoms with Crippen molar-refractivity contribution in [3.63, 3.8) is 0 Å². The van der Waals surface area contributed by atoms with Crippen LogP contribution in [0.2, 0.25) is 0 Å². The molecule has 0 heterocycles. The van der Waals surface area contributed by atoms with Gasteiger partial charge in [0, 0.05) is 0 Å². The lowest BCUT2D eigenvalue weighted by atomic mass is 10.1. The molecular weight excluding hydrogens is 231 g/mol. The van der Waals surface area contributed by atoms with Crippen molar-refractivity contribution in [2.45, 2.75) is 24.4 Å². The highest BCUT2D eigenvalue weighted by Crippen LogP contribution is 2.41. The number of rotatable bonds is 3. The molecule has 0 N–H and O–H groups in total. The molecule has 0 aliphatic heterocycles. The van der Waals surface area contributed by atoms with Crippen LogP contribution in [0.5, 0.6) is 0 Å². The van der Waals surface area contributed by atoms with Crippen LogP contribution in [-0.4, -0.2) is 24.4 Å². The third kappa shape index (κ3) is 2.68. The Hall–Kier alpha value is -0.630. The summed E-state index contributed by atoms with van der Waals surface area (Å²) in [6, 6.07) is 0. The van der Waals surface area contributed by atoms with Crippen LogP contribution in [0.1, 0.15) is 0 Å². The molecule has 0 spiro atoms. The van der Waals surface area contributed by atoms with E-state index in [9.17, 15) is 39.5 Å². The lowest BCUT2D eigenvalue weighted by molar-refractivity contribution is -0.262. The molecule has 0 bridgehead atoms. The van der Waals surface area contributed by atoms with Gasteiger partial charge in [0.05, 0.1) is 0 Å². The predicted octanol–water partition coefficient (Wildman–Crippen LogP) is 3.29. The van der Waals surface area contributed by atoms with Gasteiger partial charge >= 0.3 is 18.5 Å². The molecule has 2 unspecified atom stereocenters. The van der Waals surface area contributed by atoms with E-state index in [4.69, 9.17) is 0 Å². The monoisotopic (exact) mass is 233 g/mol. The van der Waals surface area contributed by atoms with Crippen LogP contribution >= 0.6 is 0 Å². The highest BCUT2D eigenvalue weighted by Gasteiger charge is 2.63. The Kier molecular flexibility index (Phi) is 3.68. The van der Waals surface area contributed by atoms with Crippen LogP contribution in [-0.2, 0) is 0 Å². The summed E-state index contributed by atoms with van der Waals surface area (Å²) in [6.07, 6.45) is -19.2. The van der Waals surface area contributed by atoms with Gasteiger partial charge in [-0.15, -0.1) is 0 Å². The van der Waals surface area contributed by atoms with E-state index < -0.39 is 30.9 Å². The fourth-order valence-electron chi connectivity index (χ4n) is 0.492. The highest BCUT2D eigenvalue weighted by molar-refractivity contribution is 4.95. The third-order valence-electron chi connectivity index (χ3n) is 1.15. The van der Waals surface area contributed by atoms with Crippen molar-refractivity contribution in [3.05, 3.63) is 6.43 Å². The van der Waals surface area contributed by atoms with E-state index in [0.717, 1.165) is 0 Å². The summed E-state index contributed by atoms with van der Waals surface area (Å²) in [5, 5.41) is 0. The van der Waals surface area contributed by atoms with Crippen LogP contribution in [0, 0.1) is 6.43 Å². The molecule has 9 heteroatoms. The van der Waals surface area contributed by atoms with Crippen molar-refractivity contribution in [1.82, 2.24) is 0 Å². The average molecular weight is 233 g/mol. The van der Waals surface area contributed by atoms with Crippen molar-refractivity contribution in [3.8, 4) is 0 Å². The summed E-state index contributed by atoms with van der Waals surface area (Å²) in [4.78, 5) is 0. The molecule has 85 valence electrons. The SMILES string of the molecule is F[C](F)C(F)C(F)(F)C(F)C(F)(F)F. The fraction of sp³-hybridized carbons (Fsp3) is 0.800. The van der Waals surface area contributed by atoms with E-state index in [1.54, 1.807) is 0 Å². The van der Waals surface area contributed by atoms with Gasteiger partial charge in [-0.05, 0) is 0 Å². The molecule has 0 fully saturated rings. The zero-order chi connectivity index (χ0) is 11.7. The Morgan fingerprint density at radius 3 is 1.43 bits per heavy atom. The molecule has 14 heavy (non-hydrogen) atoms. The average Bonchev–Trinajstić information content (AvgIpc) is 1.99. The zero-order valence-corrected chi connectivity index (χ0v) is 6.06. The Labute approximate surface area is 71.7 Å². The lowest BCUT2D eigenvalue weighted by Gasteiger charge is -2.24. The third-order valence-corrected chi connectivity index (χ3v) is 1.15. The summed E-state index contributed by atoms with van der Waals surface area (Å²) in [5.41, 5.74) is 0. The van der Waals surface area contributed by atoms with Gasteiger partial charge in [0.2, 0.25) is 6.17 Å². The molecule has 0 aromatic carbocycles. The minimum Gasteiger partial charge on any atom is -0.234 e. The summed E-state index contributed by atoms with van der Waals surface area (Å²) in [6.45, 7) is 0. The highest BCUT2D eigenvalue weighted by atomic mass is 19.4. The maximum absolute atomic E-state index is 12.0. The maximum Gasteiger partial charge on any atom is 0.425 e. The molecule has 0 aromatic rings. The van der Waals surface area contributed by atoms with Gasteiger partial charge in [-0.3, -0.25) is 0 Å². The Morgan fingerprint density at radius 1 is 0.857 bits per heavy atom. The van der Waals surface area contributed by atoms with Crippen molar-refractivity contribution in [1.29, 1.82) is 0 Å². The Balaban J connectivity index is 4.77. The summed E-state index contributed by atoms with van der Waals surface area (Å²) >= 11 is 0. The van der Waals surface area contributed by atoms with Crippen LogP contribution < -0.4 is 0 Å². The smallest absolute Gasteiger partial charge is 0.234 e. The largest absolute Gasteiger partial charge is 0.425 e. The second kappa shape index (κ2) is 3.85. The van der Waals surface area contributed by atoms with E-state index in [2.05, 4.69) is 0 Å². The molecule has 0 amide bonds. The fourth-order valence-corrected chi connectivity index (χ4v) is 0.492. The van der Waals surface area contributed by atoms with E-state index in [0.29, 0.717) is 0 Å². The molecule has 0 nitrogen and oxygen atoms in total. The van der Waals surface area contributed by atoms with Gasteiger partial charge in [0.25, 0.3) is 6.17 Å². The molecule has 0 saturated heterocycles. The van der Waals surface area contributed by atoms with Gasteiger partial charge in [-0.25, -0.2) is 8.78 Å². The van der Waals surface area contributed by atoms with E-state index in [1.165, 1.54) is 0 Å². The molecule has 0 aromatic heterocycles. The number of hydrogen-bond acceptors (Lipinski definition) is 0. The summed E-state index contributed by atoms with van der Waals surface area (Å²) in [7, 11) is 0. The molecule has 0 saturated carbocycles. The van der Waals surface area contributed by atoms with Gasteiger partial charge in [-0.1, -0.05) is 0 Å². The number of hydrogen-bond donors (Lipinski definition) is 0. The zero-order valence-electron chi connectivity index (χ0n) is 6.06. The topological polar surface area (TPSA) is 0 Å². The van der Waals surface area contributed by atoms with E-state index >= 15 is 0 Å². The molecule has 1 radical (unpaired) electrons. The quantitative estimate of drug-likeness (QED) is 0.656. The summed E-state index contributed by atoms with van der Waals surface area (Å²) < 4.78 is 104. The first kappa shape index (κ1) is 13.4. The van der Waals surface area contributed by atoms with Gasteiger partial charge < -0.3 is 0 Å². The molecule has 0 aliphatic rings. The standard InChI is InChI=1S/C5H2F9/c6-1(2(7)8)4(10,11)3(9)5(12,13)14/h1,3H. The summed E-state index contributed by atoms with van der Waals surface area (Å²) in [5.74, 6) is -5.82.